The van der Waals surface area contributed by atoms with E-state index in [0.717, 1.165) is 17.3 Å². The molecule has 2 rings (SSSR count). The first-order valence-corrected chi connectivity index (χ1v) is 7.88. The largest absolute Gasteiger partial charge is 0.481 e. The normalized spacial score (nSPS) is 12.8. The molecule has 0 radical (unpaired) electrons. The quantitative estimate of drug-likeness (QED) is 0.805. The Kier molecular flexibility index (Phi) is 5.37. The molecule has 2 aromatic rings. The molecule has 0 saturated heterocycles. The lowest BCUT2D eigenvalue weighted by molar-refractivity contribution is -0.133. The molecular weight excluding hydrogens is 335 g/mol. The molecule has 1 atom stereocenters. The van der Waals surface area contributed by atoms with Crippen molar-refractivity contribution in [3.8, 4) is 0 Å². The molecule has 1 aromatic heterocycles. The Morgan fingerprint density at radius 1 is 1.48 bits per heavy atom. The van der Waals surface area contributed by atoms with E-state index in [2.05, 4.69) is 4.98 Å². The van der Waals surface area contributed by atoms with Gasteiger partial charge in [0.05, 0.1) is 39.5 Å². The monoisotopic (exact) mass is 348 g/mol. The first-order valence-electron chi connectivity index (χ1n) is 6.14. The number of ether oxygens (including phenoxy) is 1. The second-order valence-corrected chi connectivity index (χ2v) is 6.26. The average molecular weight is 349 g/mol. The number of imidazole rings is 1. The van der Waals surface area contributed by atoms with Gasteiger partial charge in [-0.3, -0.25) is 4.79 Å². The SMILES string of the molecule is COCC(C)n1c(SCC(=O)O)nc2cc(Cl)c(Cl)cc21. The second kappa shape index (κ2) is 6.87. The number of carboxylic acid groups (broad SMARTS) is 1. The van der Waals surface area contributed by atoms with Crippen molar-refractivity contribution >= 4 is 52.0 Å². The number of methoxy groups -OCH3 is 1. The second-order valence-electron chi connectivity index (χ2n) is 4.51. The average Bonchev–Trinajstić information content (AvgIpc) is 2.75. The Labute approximate surface area is 136 Å². The molecule has 0 spiro atoms. The smallest absolute Gasteiger partial charge is 0.313 e. The Bertz CT molecular complexity index is 675. The Morgan fingerprint density at radius 3 is 2.76 bits per heavy atom. The summed E-state index contributed by atoms with van der Waals surface area (Å²) in [5.41, 5.74) is 1.49. The highest BCUT2D eigenvalue weighted by atomic mass is 35.5. The fourth-order valence-electron chi connectivity index (χ4n) is 2.04. The van der Waals surface area contributed by atoms with Gasteiger partial charge in [0.15, 0.2) is 5.16 Å². The number of hydrogen-bond acceptors (Lipinski definition) is 4. The van der Waals surface area contributed by atoms with Crippen LogP contribution in [0, 0.1) is 0 Å². The topological polar surface area (TPSA) is 64.3 Å². The molecule has 8 heteroatoms. The number of rotatable bonds is 6. The molecule has 0 aliphatic carbocycles. The molecular formula is C13H14Cl2N2O3S. The van der Waals surface area contributed by atoms with E-state index in [4.69, 9.17) is 33.0 Å². The standard InChI is InChI=1S/C13H14Cl2N2O3S/c1-7(5-20-2)17-11-4-9(15)8(14)3-10(11)16-13(17)21-6-12(18)19/h3-4,7H,5-6H2,1-2H3,(H,18,19). The van der Waals surface area contributed by atoms with E-state index in [1.165, 1.54) is 0 Å². The number of benzene rings is 1. The number of thioether (sulfide) groups is 1. The molecule has 1 aromatic carbocycles. The highest BCUT2D eigenvalue weighted by molar-refractivity contribution is 7.99. The summed E-state index contributed by atoms with van der Waals surface area (Å²) in [4.78, 5) is 15.2. The molecule has 0 saturated carbocycles. The maximum atomic E-state index is 10.8. The van der Waals surface area contributed by atoms with Crippen LogP contribution in [0.3, 0.4) is 0 Å². The third kappa shape index (κ3) is 3.63. The highest BCUT2D eigenvalue weighted by Gasteiger charge is 2.18. The van der Waals surface area contributed by atoms with E-state index >= 15 is 0 Å². The van der Waals surface area contributed by atoms with E-state index in [9.17, 15) is 4.79 Å². The Morgan fingerprint density at radius 2 is 2.14 bits per heavy atom. The zero-order valence-corrected chi connectivity index (χ0v) is 13.8. The van der Waals surface area contributed by atoms with E-state index in [1.54, 1.807) is 19.2 Å². The number of aromatic nitrogens is 2. The Balaban J connectivity index is 2.54. The fourth-order valence-corrected chi connectivity index (χ4v) is 3.19. The van der Waals surface area contributed by atoms with Gasteiger partial charge in [-0.05, 0) is 19.1 Å². The summed E-state index contributed by atoms with van der Waals surface area (Å²) < 4.78 is 7.10. The number of aliphatic carboxylic acids is 1. The number of carbonyl (C=O) groups is 1. The fraction of sp³-hybridized carbons (Fsp3) is 0.385. The molecule has 0 aliphatic rings. The summed E-state index contributed by atoms with van der Waals surface area (Å²) in [7, 11) is 1.61. The molecule has 21 heavy (non-hydrogen) atoms. The first kappa shape index (κ1) is 16.4. The van der Waals surface area contributed by atoms with Gasteiger partial charge in [0.2, 0.25) is 0 Å². The lowest BCUT2D eigenvalue weighted by atomic mass is 10.3. The van der Waals surface area contributed by atoms with Crippen LogP contribution in [0.5, 0.6) is 0 Å². The number of carboxylic acids is 1. The van der Waals surface area contributed by atoms with Crippen LogP contribution in [0.15, 0.2) is 17.3 Å². The van der Waals surface area contributed by atoms with Gasteiger partial charge in [0.1, 0.15) is 0 Å². The van der Waals surface area contributed by atoms with Crippen LogP contribution >= 0.6 is 35.0 Å². The molecule has 1 unspecified atom stereocenters. The van der Waals surface area contributed by atoms with Crippen LogP contribution in [0.1, 0.15) is 13.0 Å². The highest BCUT2D eigenvalue weighted by Crippen LogP contribution is 2.33. The maximum Gasteiger partial charge on any atom is 0.313 e. The molecule has 114 valence electrons. The van der Waals surface area contributed by atoms with Gasteiger partial charge in [-0.25, -0.2) is 4.98 Å². The van der Waals surface area contributed by atoms with Crippen LogP contribution in [-0.2, 0) is 9.53 Å². The summed E-state index contributed by atoms with van der Waals surface area (Å²) in [5, 5.41) is 10.3. The summed E-state index contributed by atoms with van der Waals surface area (Å²) in [6, 6.07) is 3.41. The van der Waals surface area contributed by atoms with Crippen molar-refractivity contribution in [2.45, 2.75) is 18.1 Å². The minimum atomic E-state index is -0.894. The number of nitrogens with zero attached hydrogens (tertiary/aromatic N) is 2. The minimum Gasteiger partial charge on any atom is -0.481 e. The van der Waals surface area contributed by atoms with Crippen molar-refractivity contribution in [2.24, 2.45) is 0 Å². The summed E-state index contributed by atoms with van der Waals surface area (Å²) in [5.74, 6) is -0.959. The molecule has 1 N–H and O–H groups in total. The molecule has 5 nitrogen and oxygen atoms in total. The van der Waals surface area contributed by atoms with Crippen molar-refractivity contribution in [1.82, 2.24) is 9.55 Å². The predicted octanol–water partition coefficient (Wildman–Crippen LogP) is 3.73. The van der Waals surface area contributed by atoms with Crippen molar-refractivity contribution in [1.29, 1.82) is 0 Å². The summed E-state index contributed by atoms with van der Waals surface area (Å²) >= 11 is 13.2. The maximum absolute atomic E-state index is 10.8. The predicted molar refractivity (Wildman–Crippen MR) is 84.7 cm³/mol. The van der Waals surface area contributed by atoms with Crippen LogP contribution in [0.4, 0.5) is 0 Å². The lowest BCUT2D eigenvalue weighted by Gasteiger charge is -2.16. The third-order valence-electron chi connectivity index (χ3n) is 2.87. The van der Waals surface area contributed by atoms with Gasteiger partial charge in [-0.1, -0.05) is 35.0 Å². The van der Waals surface area contributed by atoms with Gasteiger partial charge in [0, 0.05) is 7.11 Å². The lowest BCUT2D eigenvalue weighted by Crippen LogP contribution is -2.12. The number of fused-ring (bicyclic) bond motifs is 1. The van der Waals surface area contributed by atoms with Gasteiger partial charge in [-0.2, -0.15) is 0 Å². The van der Waals surface area contributed by atoms with Gasteiger partial charge >= 0.3 is 5.97 Å². The summed E-state index contributed by atoms with van der Waals surface area (Å²) in [6.07, 6.45) is 0. The molecule has 1 heterocycles. The van der Waals surface area contributed by atoms with Crippen LogP contribution in [-0.4, -0.2) is 40.1 Å². The van der Waals surface area contributed by atoms with Crippen molar-refractivity contribution in [3.05, 3.63) is 22.2 Å². The van der Waals surface area contributed by atoms with Gasteiger partial charge in [-0.15, -0.1) is 0 Å². The van der Waals surface area contributed by atoms with Gasteiger partial charge in [0.25, 0.3) is 0 Å². The number of hydrogen-bond donors (Lipinski definition) is 1. The summed E-state index contributed by atoms with van der Waals surface area (Å²) in [6.45, 7) is 2.45. The zero-order valence-electron chi connectivity index (χ0n) is 11.5. The van der Waals surface area contributed by atoms with Crippen molar-refractivity contribution in [3.63, 3.8) is 0 Å². The van der Waals surface area contributed by atoms with Crippen molar-refractivity contribution < 1.29 is 14.6 Å². The third-order valence-corrected chi connectivity index (χ3v) is 4.53. The van der Waals surface area contributed by atoms with Crippen LogP contribution in [0.25, 0.3) is 11.0 Å². The first-order chi connectivity index (χ1) is 9.93. The van der Waals surface area contributed by atoms with Crippen molar-refractivity contribution in [2.75, 3.05) is 19.5 Å². The zero-order chi connectivity index (χ0) is 15.6. The van der Waals surface area contributed by atoms with Gasteiger partial charge < -0.3 is 14.4 Å². The minimum absolute atomic E-state index is 0.00598. The molecule has 0 bridgehead atoms. The van der Waals surface area contributed by atoms with E-state index in [-0.39, 0.29) is 11.8 Å². The Hall–Kier alpha value is -0.950. The molecule has 0 aliphatic heterocycles. The van der Waals surface area contributed by atoms with E-state index in [0.29, 0.717) is 27.3 Å². The van der Waals surface area contributed by atoms with Crippen LogP contribution in [0.2, 0.25) is 10.0 Å². The number of halogens is 2. The van der Waals surface area contributed by atoms with E-state index < -0.39 is 5.97 Å². The molecule has 0 fully saturated rings. The van der Waals surface area contributed by atoms with E-state index in [1.807, 2.05) is 11.5 Å². The molecule has 0 amide bonds. The van der Waals surface area contributed by atoms with Crippen LogP contribution < -0.4 is 0 Å².